The van der Waals surface area contributed by atoms with Crippen molar-refractivity contribution in [3.8, 4) is 0 Å². The average Bonchev–Trinajstić information content (AvgIpc) is 3.16. The van der Waals surface area contributed by atoms with Crippen molar-refractivity contribution in [2.45, 2.75) is 26.3 Å². The number of amides is 3. The lowest BCUT2D eigenvalue weighted by Crippen LogP contribution is -2.51. The van der Waals surface area contributed by atoms with Crippen molar-refractivity contribution in [1.29, 1.82) is 0 Å². The average molecular weight is 551 g/mol. The number of benzene rings is 2. The number of esters is 1. The molecule has 0 aromatic heterocycles. The van der Waals surface area contributed by atoms with Crippen LogP contribution in [0.1, 0.15) is 40.9 Å². The summed E-state index contributed by atoms with van der Waals surface area (Å²) in [5, 5.41) is 3.46. The lowest BCUT2D eigenvalue weighted by Gasteiger charge is -2.38. The highest BCUT2D eigenvalue weighted by molar-refractivity contribution is 6.30. The first-order valence-corrected chi connectivity index (χ1v) is 13.6. The van der Waals surface area contributed by atoms with Crippen molar-refractivity contribution in [2.24, 2.45) is 0 Å². The molecule has 2 aromatic rings. The van der Waals surface area contributed by atoms with E-state index >= 15 is 0 Å². The standard InChI is InChI=1S/C30H35ClN4O4/c1-4-14-35-25(20-33-15-7-16-34(18-17-33)28(36)22-12-10-21(3)11-13-22)26(29(37)39-5-2)27(32-30(35)38)23-8-6-9-24(31)19-23/h4,6,8-13,19,27H,1,5,7,14-18,20H2,2-3H3,(H,32,38). The highest BCUT2D eigenvalue weighted by Gasteiger charge is 2.38. The van der Waals surface area contributed by atoms with Gasteiger partial charge in [-0.05, 0) is 50.1 Å². The zero-order valence-electron chi connectivity index (χ0n) is 22.5. The van der Waals surface area contributed by atoms with Crippen LogP contribution in [-0.4, -0.2) is 78.5 Å². The Labute approximate surface area is 234 Å². The molecule has 0 aliphatic carbocycles. The van der Waals surface area contributed by atoms with Gasteiger partial charge in [0.15, 0.2) is 0 Å². The van der Waals surface area contributed by atoms with E-state index in [0.29, 0.717) is 60.1 Å². The molecular weight excluding hydrogens is 516 g/mol. The van der Waals surface area contributed by atoms with Gasteiger partial charge in [0.2, 0.25) is 0 Å². The molecule has 2 heterocycles. The van der Waals surface area contributed by atoms with Crippen molar-refractivity contribution in [3.05, 3.63) is 94.2 Å². The Morgan fingerprint density at radius 3 is 2.59 bits per heavy atom. The normalized spacial score (nSPS) is 18.4. The summed E-state index contributed by atoms with van der Waals surface area (Å²) in [7, 11) is 0. The topological polar surface area (TPSA) is 82.2 Å². The van der Waals surface area contributed by atoms with Gasteiger partial charge in [-0.25, -0.2) is 9.59 Å². The molecule has 0 radical (unpaired) electrons. The van der Waals surface area contributed by atoms with E-state index in [0.717, 1.165) is 12.0 Å². The maximum Gasteiger partial charge on any atom is 0.338 e. The van der Waals surface area contributed by atoms with E-state index in [1.54, 1.807) is 36.1 Å². The smallest absolute Gasteiger partial charge is 0.338 e. The highest BCUT2D eigenvalue weighted by atomic mass is 35.5. The van der Waals surface area contributed by atoms with Crippen LogP contribution in [-0.2, 0) is 9.53 Å². The first kappa shape index (κ1) is 28.4. The number of nitrogens with one attached hydrogen (secondary N) is 1. The molecule has 1 fully saturated rings. The molecule has 0 bridgehead atoms. The second-order valence-electron chi connectivity index (χ2n) is 9.71. The predicted octanol–water partition coefficient (Wildman–Crippen LogP) is 4.57. The molecule has 2 aliphatic rings. The number of aryl methyl sites for hydroxylation is 1. The molecule has 2 aromatic carbocycles. The molecular formula is C30H35ClN4O4. The maximum absolute atomic E-state index is 13.4. The molecule has 9 heteroatoms. The number of carbonyl (C=O) groups excluding carboxylic acids is 3. The number of halogens is 1. The third-order valence-corrected chi connectivity index (χ3v) is 7.21. The van der Waals surface area contributed by atoms with Gasteiger partial charge in [0, 0.05) is 55.6 Å². The van der Waals surface area contributed by atoms with Crippen molar-refractivity contribution in [1.82, 2.24) is 20.0 Å². The fraction of sp³-hybridized carbons (Fsp3) is 0.367. The molecule has 8 nitrogen and oxygen atoms in total. The molecule has 1 N–H and O–H groups in total. The van der Waals surface area contributed by atoms with Gasteiger partial charge in [0.25, 0.3) is 5.91 Å². The van der Waals surface area contributed by atoms with Crippen LogP contribution in [0.5, 0.6) is 0 Å². The summed E-state index contributed by atoms with van der Waals surface area (Å²) in [5.41, 5.74) is 3.42. The summed E-state index contributed by atoms with van der Waals surface area (Å²) in [5.74, 6) is -0.479. The number of rotatable bonds is 8. The zero-order valence-corrected chi connectivity index (χ0v) is 23.2. The Morgan fingerprint density at radius 2 is 1.90 bits per heavy atom. The van der Waals surface area contributed by atoms with Gasteiger partial charge in [0.05, 0.1) is 18.2 Å². The monoisotopic (exact) mass is 550 g/mol. The number of hydrogen-bond donors (Lipinski definition) is 1. The Bertz CT molecular complexity index is 1260. The van der Waals surface area contributed by atoms with Crippen LogP contribution in [0, 0.1) is 6.92 Å². The summed E-state index contributed by atoms with van der Waals surface area (Å²) < 4.78 is 5.47. The van der Waals surface area contributed by atoms with E-state index in [1.165, 1.54) is 0 Å². The highest BCUT2D eigenvalue weighted by Crippen LogP contribution is 2.33. The number of ether oxygens (including phenoxy) is 1. The van der Waals surface area contributed by atoms with Crippen LogP contribution in [0.4, 0.5) is 4.79 Å². The predicted molar refractivity (Wildman–Crippen MR) is 151 cm³/mol. The van der Waals surface area contributed by atoms with E-state index in [-0.39, 0.29) is 25.1 Å². The Morgan fingerprint density at radius 1 is 1.13 bits per heavy atom. The summed E-state index contributed by atoms with van der Waals surface area (Å²) in [6.07, 6.45) is 2.40. The minimum Gasteiger partial charge on any atom is -0.463 e. The van der Waals surface area contributed by atoms with E-state index < -0.39 is 12.0 Å². The van der Waals surface area contributed by atoms with Crippen LogP contribution >= 0.6 is 11.6 Å². The third-order valence-electron chi connectivity index (χ3n) is 6.98. The van der Waals surface area contributed by atoms with E-state index in [4.69, 9.17) is 16.3 Å². The van der Waals surface area contributed by atoms with Crippen LogP contribution < -0.4 is 5.32 Å². The fourth-order valence-corrected chi connectivity index (χ4v) is 5.20. The minimum atomic E-state index is -0.710. The van der Waals surface area contributed by atoms with E-state index in [1.807, 2.05) is 42.2 Å². The number of nitrogens with zero attached hydrogens (tertiary/aromatic N) is 3. The lowest BCUT2D eigenvalue weighted by atomic mass is 9.94. The van der Waals surface area contributed by atoms with Gasteiger partial charge >= 0.3 is 12.0 Å². The Hall–Kier alpha value is -3.62. The van der Waals surface area contributed by atoms with Gasteiger partial charge in [-0.1, -0.05) is 47.5 Å². The Kier molecular flexibility index (Phi) is 9.43. The summed E-state index contributed by atoms with van der Waals surface area (Å²) in [6, 6.07) is 13.7. The van der Waals surface area contributed by atoms with Gasteiger partial charge in [-0.2, -0.15) is 0 Å². The number of hydrogen-bond acceptors (Lipinski definition) is 5. The van der Waals surface area contributed by atoms with Gasteiger partial charge in [-0.3, -0.25) is 14.6 Å². The Balaban J connectivity index is 1.64. The molecule has 2 aliphatic heterocycles. The van der Waals surface area contributed by atoms with Crippen LogP contribution in [0.2, 0.25) is 5.02 Å². The van der Waals surface area contributed by atoms with Crippen LogP contribution in [0.25, 0.3) is 0 Å². The number of urea groups is 1. The SMILES string of the molecule is C=CCN1C(=O)NC(c2cccc(Cl)c2)C(C(=O)OCC)=C1CN1CCCN(C(=O)c2ccc(C)cc2)CC1. The number of carbonyl (C=O) groups is 3. The fourth-order valence-electron chi connectivity index (χ4n) is 5.00. The summed E-state index contributed by atoms with van der Waals surface area (Å²) in [6.45, 7) is 10.8. The van der Waals surface area contributed by atoms with Crippen LogP contribution in [0.3, 0.4) is 0 Å². The second-order valence-corrected chi connectivity index (χ2v) is 10.1. The lowest BCUT2D eigenvalue weighted by molar-refractivity contribution is -0.139. The van der Waals surface area contributed by atoms with Crippen molar-refractivity contribution >= 4 is 29.5 Å². The van der Waals surface area contributed by atoms with E-state index in [9.17, 15) is 14.4 Å². The van der Waals surface area contributed by atoms with Crippen molar-refractivity contribution in [2.75, 3.05) is 45.9 Å². The molecule has 4 rings (SSSR count). The summed E-state index contributed by atoms with van der Waals surface area (Å²) in [4.78, 5) is 45.4. The molecule has 0 spiro atoms. The molecule has 1 unspecified atom stereocenters. The quantitative estimate of drug-likeness (QED) is 0.385. The van der Waals surface area contributed by atoms with Crippen LogP contribution in [0.15, 0.2) is 72.5 Å². The first-order valence-electron chi connectivity index (χ1n) is 13.2. The molecule has 39 heavy (non-hydrogen) atoms. The third kappa shape index (κ3) is 6.69. The largest absolute Gasteiger partial charge is 0.463 e. The van der Waals surface area contributed by atoms with Crippen molar-refractivity contribution in [3.63, 3.8) is 0 Å². The molecule has 0 saturated carbocycles. The minimum absolute atomic E-state index is 0.00891. The van der Waals surface area contributed by atoms with Gasteiger partial charge in [-0.15, -0.1) is 6.58 Å². The first-order chi connectivity index (χ1) is 18.8. The van der Waals surface area contributed by atoms with E-state index in [2.05, 4.69) is 16.8 Å². The maximum atomic E-state index is 13.4. The molecule has 206 valence electrons. The summed E-state index contributed by atoms with van der Waals surface area (Å²) >= 11 is 6.26. The molecule has 1 atom stereocenters. The zero-order chi connectivity index (χ0) is 27.9. The van der Waals surface area contributed by atoms with Crippen molar-refractivity contribution < 1.29 is 19.1 Å². The second kappa shape index (κ2) is 13.0. The molecule has 1 saturated heterocycles. The van der Waals surface area contributed by atoms with Gasteiger partial charge < -0.3 is 15.0 Å². The van der Waals surface area contributed by atoms with Gasteiger partial charge in [0.1, 0.15) is 0 Å². The molecule has 3 amide bonds.